The lowest BCUT2D eigenvalue weighted by Crippen LogP contribution is -2.28. The van der Waals surface area contributed by atoms with E-state index in [1.807, 2.05) is 24.1 Å². The van der Waals surface area contributed by atoms with Crippen molar-refractivity contribution < 1.29 is 14.7 Å². The number of aliphatic hydroxyl groups is 1. The molecule has 17 heavy (non-hydrogen) atoms. The van der Waals surface area contributed by atoms with Gasteiger partial charge in [-0.2, -0.15) is 0 Å². The monoisotopic (exact) mass is 239 g/mol. The van der Waals surface area contributed by atoms with Crippen LogP contribution in [-0.2, 0) is 9.57 Å². The number of benzene rings is 1. The van der Waals surface area contributed by atoms with Crippen LogP contribution in [-0.4, -0.2) is 38.1 Å². The number of nitrogens with zero attached hydrogens (tertiary/aromatic N) is 1. The number of aliphatic hydroxyl groups excluding tert-OH is 1. The summed E-state index contributed by atoms with van der Waals surface area (Å²) in [5, 5.41) is 10.4. The van der Waals surface area contributed by atoms with E-state index in [4.69, 9.17) is 14.7 Å². The molecule has 0 spiro atoms. The number of hydrogen-bond donors (Lipinski definition) is 1. The Labute approximate surface area is 103 Å². The van der Waals surface area contributed by atoms with Crippen LogP contribution in [0.4, 0.5) is 5.69 Å². The number of anilines is 1. The first-order valence-electron chi connectivity index (χ1n) is 5.93. The minimum atomic E-state index is 0.0547. The van der Waals surface area contributed by atoms with Crippen molar-refractivity contribution in [1.82, 2.24) is 0 Å². The molecule has 0 fully saturated rings. The van der Waals surface area contributed by atoms with E-state index in [2.05, 4.69) is 19.1 Å². The Hall–Kier alpha value is -1.10. The fraction of sp³-hybridized carbons (Fsp3) is 0.538. The molecule has 1 aromatic carbocycles. The van der Waals surface area contributed by atoms with Gasteiger partial charge in [0.05, 0.1) is 38.7 Å². The van der Waals surface area contributed by atoms with Crippen LogP contribution in [0.1, 0.15) is 12.5 Å². The maximum atomic E-state index is 8.61. The first-order chi connectivity index (χ1) is 8.27. The fourth-order valence-electron chi connectivity index (χ4n) is 1.45. The summed E-state index contributed by atoms with van der Waals surface area (Å²) in [4.78, 5) is 5.54. The summed E-state index contributed by atoms with van der Waals surface area (Å²) in [6.07, 6.45) is 0. The average Bonchev–Trinajstić information content (AvgIpc) is 2.34. The standard InChI is InChI=1S/C13H21NO3/c1-3-17-14(8-10-16-11-9-15)13-6-4-12(2)5-7-13/h4-7,15H,3,8-11H2,1-2H3. The van der Waals surface area contributed by atoms with E-state index < -0.39 is 0 Å². The second kappa shape index (κ2) is 8.06. The Bertz CT molecular complexity index is 300. The highest BCUT2D eigenvalue weighted by Gasteiger charge is 2.05. The van der Waals surface area contributed by atoms with E-state index in [1.54, 1.807) is 0 Å². The zero-order chi connectivity index (χ0) is 12.5. The minimum Gasteiger partial charge on any atom is -0.394 e. The van der Waals surface area contributed by atoms with Crippen molar-refractivity contribution in [3.8, 4) is 0 Å². The molecule has 0 aromatic heterocycles. The van der Waals surface area contributed by atoms with Gasteiger partial charge in [-0.3, -0.25) is 9.90 Å². The van der Waals surface area contributed by atoms with Gasteiger partial charge >= 0.3 is 0 Å². The van der Waals surface area contributed by atoms with Crippen molar-refractivity contribution in [3.63, 3.8) is 0 Å². The summed E-state index contributed by atoms with van der Waals surface area (Å²) in [7, 11) is 0. The van der Waals surface area contributed by atoms with E-state index in [1.165, 1.54) is 5.56 Å². The van der Waals surface area contributed by atoms with E-state index in [0.29, 0.717) is 26.4 Å². The Balaban J connectivity index is 2.49. The zero-order valence-corrected chi connectivity index (χ0v) is 10.6. The van der Waals surface area contributed by atoms with Gasteiger partial charge in [-0.05, 0) is 26.0 Å². The third kappa shape index (κ3) is 5.17. The number of ether oxygens (including phenoxy) is 1. The van der Waals surface area contributed by atoms with Crippen LogP contribution < -0.4 is 5.06 Å². The Kier molecular flexibility index (Phi) is 6.62. The molecule has 0 saturated carbocycles. The summed E-state index contributed by atoms with van der Waals surface area (Å²) in [5.41, 5.74) is 2.24. The Morgan fingerprint density at radius 2 is 1.88 bits per heavy atom. The molecule has 0 heterocycles. The van der Waals surface area contributed by atoms with E-state index >= 15 is 0 Å². The highest BCUT2D eigenvalue weighted by Crippen LogP contribution is 2.15. The van der Waals surface area contributed by atoms with Gasteiger partial charge in [-0.25, -0.2) is 0 Å². The van der Waals surface area contributed by atoms with Crippen LogP contribution in [0.15, 0.2) is 24.3 Å². The second-order valence-corrected chi connectivity index (χ2v) is 3.69. The van der Waals surface area contributed by atoms with Crippen molar-refractivity contribution >= 4 is 5.69 Å². The largest absolute Gasteiger partial charge is 0.394 e. The first kappa shape index (κ1) is 14.0. The summed E-state index contributed by atoms with van der Waals surface area (Å²) in [5.74, 6) is 0. The van der Waals surface area contributed by atoms with Crippen LogP contribution in [0.25, 0.3) is 0 Å². The van der Waals surface area contributed by atoms with Crippen LogP contribution in [0.2, 0.25) is 0 Å². The number of hydroxylamine groups is 1. The molecule has 0 bridgehead atoms. The second-order valence-electron chi connectivity index (χ2n) is 3.69. The minimum absolute atomic E-state index is 0.0547. The molecular formula is C13H21NO3. The van der Waals surface area contributed by atoms with Crippen LogP contribution in [0, 0.1) is 6.92 Å². The Morgan fingerprint density at radius 1 is 1.18 bits per heavy atom. The van der Waals surface area contributed by atoms with Crippen molar-refractivity contribution in [2.75, 3.05) is 38.0 Å². The lowest BCUT2D eigenvalue weighted by Gasteiger charge is -2.23. The summed E-state index contributed by atoms with van der Waals surface area (Å²) < 4.78 is 5.23. The van der Waals surface area contributed by atoms with Gasteiger partial charge in [0.15, 0.2) is 0 Å². The van der Waals surface area contributed by atoms with Crippen molar-refractivity contribution in [2.45, 2.75) is 13.8 Å². The Morgan fingerprint density at radius 3 is 2.47 bits per heavy atom. The van der Waals surface area contributed by atoms with E-state index in [-0.39, 0.29) is 6.61 Å². The number of hydrogen-bond acceptors (Lipinski definition) is 4. The highest BCUT2D eigenvalue weighted by molar-refractivity contribution is 5.45. The molecule has 0 saturated heterocycles. The maximum absolute atomic E-state index is 8.61. The van der Waals surface area contributed by atoms with Gasteiger partial charge in [-0.1, -0.05) is 17.7 Å². The molecule has 1 aromatic rings. The van der Waals surface area contributed by atoms with Crippen LogP contribution >= 0.6 is 0 Å². The molecule has 0 atom stereocenters. The number of rotatable bonds is 8. The van der Waals surface area contributed by atoms with Gasteiger partial charge in [0, 0.05) is 0 Å². The lowest BCUT2D eigenvalue weighted by atomic mass is 10.2. The maximum Gasteiger partial charge on any atom is 0.0720 e. The molecule has 0 aliphatic rings. The van der Waals surface area contributed by atoms with E-state index in [9.17, 15) is 0 Å². The zero-order valence-electron chi connectivity index (χ0n) is 10.6. The van der Waals surface area contributed by atoms with Gasteiger partial charge in [-0.15, -0.1) is 0 Å². The molecule has 1 rings (SSSR count). The smallest absolute Gasteiger partial charge is 0.0720 e. The van der Waals surface area contributed by atoms with Gasteiger partial charge in [0.25, 0.3) is 0 Å². The highest BCUT2D eigenvalue weighted by atomic mass is 16.7. The SMILES string of the molecule is CCON(CCOCCO)c1ccc(C)cc1. The topological polar surface area (TPSA) is 41.9 Å². The van der Waals surface area contributed by atoms with Crippen LogP contribution in [0.3, 0.4) is 0 Å². The molecule has 0 aliphatic heterocycles. The molecule has 1 N–H and O–H groups in total. The summed E-state index contributed by atoms with van der Waals surface area (Å²) in [6.45, 7) is 6.24. The summed E-state index contributed by atoms with van der Waals surface area (Å²) >= 11 is 0. The van der Waals surface area contributed by atoms with Crippen molar-refractivity contribution in [3.05, 3.63) is 29.8 Å². The van der Waals surface area contributed by atoms with E-state index in [0.717, 1.165) is 5.69 Å². The van der Waals surface area contributed by atoms with Crippen LogP contribution in [0.5, 0.6) is 0 Å². The molecule has 4 heteroatoms. The predicted octanol–water partition coefficient (Wildman–Crippen LogP) is 1.76. The average molecular weight is 239 g/mol. The number of aryl methyl sites for hydroxylation is 1. The normalized spacial score (nSPS) is 10.5. The molecule has 0 aliphatic carbocycles. The quantitative estimate of drug-likeness (QED) is 0.554. The van der Waals surface area contributed by atoms with Crippen molar-refractivity contribution in [2.24, 2.45) is 0 Å². The third-order valence-corrected chi connectivity index (χ3v) is 2.28. The molecule has 4 nitrogen and oxygen atoms in total. The van der Waals surface area contributed by atoms with Crippen molar-refractivity contribution in [1.29, 1.82) is 0 Å². The third-order valence-electron chi connectivity index (χ3n) is 2.28. The molecular weight excluding hydrogens is 218 g/mol. The first-order valence-corrected chi connectivity index (χ1v) is 5.93. The summed E-state index contributed by atoms with van der Waals surface area (Å²) in [6, 6.07) is 8.15. The van der Waals surface area contributed by atoms with Gasteiger partial charge in [0.2, 0.25) is 0 Å². The predicted molar refractivity (Wildman–Crippen MR) is 68.1 cm³/mol. The fourth-order valence-corrected chi connectivity index (χ4v) is 1.45. The van der Waals surface area contributed by atoms with Gasteiger partial charge in [0.1, 0.15) is 0 Å². The molecule has 96 valence electrons. The molecule has 0 radical (unpaired) electrons. The molecule has 0 unspecified atom stereocenters. The van der Waals surface area contributed by atoms with Gasteiger partial charge < -0.3 is 9.84 Å². The molecule has 0 amide bonds. The lowest BCUT2D eigenvalue weighted by molar-refractivity contribution is 0.0648.